The number of nitrogens with one attached hydrogen (secondary N) is 1. The number of hydrogen-bond acceptors (Lipinski definition) is 5. The van der Waals surface area contributed by atoms with Crippen LogP contribution in [0.5, 0.6) is 0 Å². The molecule has 2 aromatic heterocycles. The molecular formula is C17H11F3N6O. The van der Waals surface area contributed by atoms with E-state index in [0.29, 0.717) is 29.3 Å². The van der Waals surface area contributed by atoms with Crippen LogP contribution in [-0.4, -0.2) is 25.7 Å². The largest absolute Gasteiger partial charge is 0.342 e. The summed E-state index contributed by atoms with van der Waals surface area (Å²) in [4.78, 5) is 20.4. The first-order valence-corrected chi connectivity index (χ1v) is 7.62. The van der Waals surface area contributed by atoms with Crippen LogP contribution in [0.2, 0.25) is 0 Å². The number of carbonyl (C=O) groups is 1. The second kappa shape index (κ2) is 7.25. The summed E-state index contributed by atoms with van der Waals surface area (Å²) in [5, 5.41) is 15.3. The first-order chi connectivity index (χ1) is 12.9. The summed E-state index contributed by atoms with van der Waals surface area (Å²) < 4.78 is 41.0. The van der Waals surface area contributed by atoms with Crippen LogP contribution < -0.4 is 5.32 Å². The molecule has 0 spiro atoms. The average molecular weight is 372 g/mol. The van der Waals surface area contributed by atoms with Gasteiger partial charge in [-0.15, -0.1) is 0 Å². The molecule has 1 N–H and O–H groups in total. The van der Waals surface area contributed by atoms with Gasteiger partial charge in [-0.25, -0.2) is 23.1 Å². The fraction of sp³-hybridized carbons (Fsp3) is 0.118. The van der Waals surface area contributed by atoms with Crippen molar-refractivity contribution in [3.8, 4) is 11.9 Å². The van der Waals surface area contributed by atoms with E-state index in [4.69, 9.17) is 5.26 Å². The molecule has 1 aromatic carbocycles. The minimum absolute atomic E-state index is 0.295. The van der Waals surface area contributed by atoms with E-state index >= 15 is 0 Å². The molecule has 0 saturated heterocycles. The number of pyridine rings is 1. The normalized spacial score (nSPS) is 11.7. The Morgan fingerprint density at radius 2 is 1.93 bits per heavy atom. The number of hydrogen-bond donors (Lipinski definition) is 1. The Morgan fingerprint density at radius 3 is 2.52 bits per heavy atom. The summed E-state index contributed by atoms with van der Waals surface area (Å²) in [6.07, 6.45) is 2.60. The molecule has 0 saturated carbocycles. The molecule has 3 rings (SSSR count). The van der Waals surface area contributed by atoms with E-state index in [9.17, 15) is 18.0 Å². The molecule has 0 aliphatic heterocycles. The quantitative estimate of drug-likeness (QED) is 0.710. The molecule has 0 bridgehead atoms. The molecule has 0 fully saturated rings. The predicted molar refractivity (Wildman–Crippen MR) is 86.1 cm³/mol. The van der Waals surface area contributed by atoms with E-state index in [0.717, 1.165) is 0 Å². The Hall–Kier alpha value is -3.74. The minimum atomic E-state index is -1.65. The second-order valence-corrected chi connectivity index (χ2v) is 5.50. The molecule has 0 radical (unpaired) electrons. The van der Waals surface area contributed by atoms with E-state index in [1.165, 1.54) is 17.2 Å². The molecule has 1 amide bonds. The molecule has 1 atom stereocenters. The number of nitrogens with zero attached hydrogens (tertiary/aromatic N) is 5. The van der Waals surface area contributed by atoms with Gasteiger partial charge in [-0.1, -0.05) is 0 Å². The van der Waals surface area contributed by atoms with E-state index in [1.54, 1.807) is 19.1 Å². The third-order valence-electron chi connectivity index (χ3n) is 3.65. The molecule has 0 unspecified atom stereocenters. The smallest absolute Gasteiger partial charge is 0.252 e. The lowest BCUT2D eigenvalue weighted by Crippen LogP contribution is -2.29. The topological polar surface area (TPSA) is 96.5 Å². The van der Waals surface area contributed by atoms with Crippen LogP contribution in [0.1, 0.15) is 34.7 Å². The van der Waals surface area contributed by atoms with E-state index in [2.05, 4.69) is 20.4 Å². The zero-order chi connectivity index (χ0) is 19.6. The zero-order valence-electron chi connectivity index (χ0n) is 13.8. The van der Waals surface area contributed by atoms with E-state index in [-0.39, 0.29) is 5.56 Å². The maximum Gasteiger partial charge on any atom is 0.252 e. The van der Waals surface area contributed by atoms with Gasteiger partial charge in [0.2, 0.25) is 0 Å². The molecule has 136 valence electrons. The predicted octanol–water partition coefficient (Wildman–Crippen LogP) is 2.44. The first-order valence-electron chi connectivity index (χ1n) is 7.62. The zero-order valence-corrected chi connectivity index (χ0v) is 13.8. The van der Waals surface area contributed by atoms with Crippen LogP contribution in [0.4, 0.5) is 13.2 Å². The Kier molecular flexibility index (Phi) is 4.85. The molecule has 0 aliphatic rings. The van der Waals surface area contributed by atoms with Crippen molar-refractivity contribution < 1.29 is 18.0 Å². The van der Waals surface area contributed by atoms with Gasteiger partial charge in [-0.2, -0.15) is 15.0 Å². The lowest BCUT2D eigenvalue weighted by Gasteiger charge is -2.14. The van der Waals surface area contributed by atoms with Crippen LogP contribution in [-0.2, 0) is 0 Å². The number of amides is 1. The third kappa shape index (κ3) is 3.62. The molecule has 0 aliphatic carbocycles. The van der Waals surface area contributed by atoms with Crippen LogP contribution in [0.25, 0.3) is 5.82 Å². The van der Waals surface area contributed by atoms with Gasteiger partial charge in [0.1, 0.15) is 12.4 Å². The highest BCUT2D eigenvalue weighted by Gasteiger charge is 2.20. The number of benzene rings is 1. The van der Waals surface area contributed by atoms with Crippen LogP contribution in [0.3, 0.4) is 0 Å². The maximum absolute atomic E-state index is 13.3. The monoisotopic (exact) mass is 372 g/mol. The second-order valence-electron chi connectivity index (χ2n) is 5.50. The standard InChI is InChI=1S/C17H11F3N6O/c1-9(25-17(27)11-4-12(18)15(20)13(19)5-11)16-23-8-24-26(16)14-3-2-10(6-21)7-22-14/h2-5,7-9H,1H3,(H,25,27)/t9-/m0/s1. The van der Waals surface area contributed by atoms with E-state index < -0.39 is 29.4 Å². The van der Waals surface area contributed by atoms with Crippen LogP contribution in [0, 0.1) is 28.8 Å². The van der Waals surface area contributed by atoms with Crippen molar-refractivity contribution in [2.45, 2.75) is 13.0 Å². The lowest BCUT2D eigenvalue weighted by molar-refractivity contribution is 0.0936. The van der Waals surface area contributed by atoms with Crippen molar-refractivity contribution in [1.82, 2.24) is 25.1 Å². The number of nitriles is 1. The van der Waals surface area contributed by atoms with Gasteiger partial charge in [-0.3, -0.25) is 4.79 Å². The van der Waals surface area contributed by atoms with Crippen molar-refractivity contribution in [3.63, 3.8) is 0 Å². The molecular weight excluding hydrogens is 361 g/mol. The van der Waals surface area contributed by atoms with Gasteiger partial charge in [-0.05, 0) is 31.2 Å². The molecule has 2 heterocycles. The van der Waals surface area contributed by atoms with Crippen LogP contribution in [0.15, 0.2) is 36.8 Å². The van der Waals surface area contributed by atoms with E-state index in [1.807, 2.05) is 6.07 Å². The minimum Gasteiger partial charge on any atom is -0.342 e. The number of carbonyl (C=O) groups excluding carboxylic acids is 1. The van der Waals surface area contributed by atoms with Gasteiger partial charge >= 0.3 is 0 Å². The van der Waals surface area contributed by atoms with Crippen molar-refractivity contribution in [2.24, 2.45) is 0 Å². The summed E-state index contributed by atoms with van der Waals surface area (Å²) in [5.41, 5.74) is -0.0112. The molecule has 7 nitrogen and oxygen atoms in total. The van der Waals surface area contributed by atoms with Crippen molar-refractivity contribution in [3.05, 3.63) is 71.2 Å². The first kappa shape index (κ1) is 18.1. The van der Waals surface area contributed by atoms with Crippen molar-refractivity contribution in [2.75, 3.05) is 0 Å². The van der Waals surface area contributed by atoms with Gasteiger partial charge in [0.25, 0.3) is 5.91 Å². The Morgan fingerprint density at radius 1 is 1.22 bits per heavy atom. The molecule has 3 aromatic rings. The summed E-state index contributed by atoms with van der Waals surface area (Å²) in [7, 11) is 0. The molecule has 27 heavy (non-hydrogen) atoms. The third-order valence-corrected chi connectivity index (χ3v) is 3.65. The maximum atomic E-state index is 13.3. The summed E-state index contributed by atoms with van der Waals surface area (Å²) in [6.45, 7) is 1.58. The van der Waals surface area contributed by atoms with Crippen LogP contribution >= 0.6 is 0 Å². The van der Waals surface area contributed by atoms with Gasteiger partial charge in [0.15, 0.2) is 29.1 Å². The lowest BCUT2D eigenvalue weighted by atomic mass is 10.1. The summed E-state index contributed by atoms with van der Waals surface area (Å²) >= 11 is 0. The highest BCUT2D eigenvalue weighted by molar-refractivity contribution is 5.94. The summed E-state index contributed by atoms with van der Waals surface area (Å²) in [6, 6.07) is 5.53. The van der Waals surface area contributed by atoms with Gasteiger partial charge in [0, 0.05) is 11.8 Å². The van der Waals surface area contributed by atoms with Crippen molar-refractivity contribution >= 4 is 5.91 Å². The molecule has 10 heteroatoms. The Labute approximate surface area is 151 Å². The highest BCUT2D eigenvalue weighted by atomic mass is 19.2. The fourth-order valence-corrected chi connectivity index (χ4v) is 2.33. The van der Waals surface area contributed by atoms with Gasteiger partial charge < -0.3 is 5.32 Å². The Balaban J connectivity index is 1.83. The number of halogens is 3. The number of aromatic nitrogens is 4. The average Bonchev–Trinajstić information content (AvgIpc) is 3.15. The Bertz CT molecular complexity index is 1020. The summed E-state index contributed by atoms with van der Waals surface area (Å²) in [5.74, 6) is -4.73. The number of rotatable bonds is 4. The van der Waals surface area contributed by atoms with Gasteiger partial charge in [0.05, 0.1) is 11.6 Å². The fourth-order valence-electron chi connectivity index (χ4n) is 2.33. The highest BCUT2D eigenvalue weighted by Crippen LogP contribution is 2.17. The van der Waals surface area contributed by atoms with Crippen molar-refractivity contribution in [1.29, 1.82) is 5.26 Å². The SMILES string of the molecule is C[C@H](NC(=O)c1cc(F)c(F)c(F)c1)c1ncnn1-c1ccc(C#N)cn1.